The van der Waals surface area contributed by atoms with E-state index in [0.29, 0.717) is 12.1 Å². The Balaban J connectivity index is 1.89. The molecule has 0 radical (unpaired) electrons. The Kier molecular flexibility index (Phi) is 6.61. The number of halogens is 1. The number of ether oxygens (including phenoxy) is 1. The summed E-state index contributed by atoms with van der Waals surface area (Å²) in [6.07, 6.45) is 6.49. The minimum Gasteiger partial charge on any atom is -0.378 e. The first-order chi connectivity index (χ1) is 9.28. The molecular formula is C16H24INO. The fourth-order valence-corrected chi connectivity index (χ4v) is 3.10. The van der Waals surface area contributed by atoms with Crippen LogP contribution in [0, 0.1) is 3.57 Å². The highest BCUT2D eigenvalue weighted by molar-refractivity contribution is 14.1. The first kappa shape index (κ1) is 15.3. The van der Waals surface area contributed by atoms with Crippen molar-refractivity contribution in [2.75, 3.05) is 13.2 Å². The van der Waals surface area contributed by atoms with E-state index in [2.05, 4.69) is 59.1 Å². The van der Waals surface area contributed by atoms with E-state index >= 15 is 0 Å². The summed E-state index contributed by atoms with van der Waals surface area (Å²) >= 11 is 2.36. The van der Waals surface area contributed by atoms with Crippen molar-refractivity contribution in [2.45, 2.75) is 51.2 Å². The van der Waals surface area contributed by atoms with E-state index in [4.69, 9.17) is 4.74 Å². The molecule has 1 N–H and O–H groups in total. The van der Waals surface area contributed by atoms with Gasteiger partial charge < -0.3 is 10.1 Å². The first-order valence-electron chi connectivity index (χ1n) is 7.37. The van der Waals surface area contributed by atoms with E-state index in [1.54, 1.807) is 0 Å². The van der Waals surface area contributed by atoms with Crippen LogP contribution in [0.1, 0.15) is 38.2 Å². The predicted molar refractivity (Wildman–Crippen MR) is 88.5 cm³/mol. The van der Waals surface area contributed by atoms with Gasteiger partial charge >= 0.3 is 0 Å². The van der Waals surface area contributed by atoms with E-state index in [9.17, 15) is 0 Å². The van der Waals surface area contributed by atoms with Gasteiger partial charge in [0.05, 0.1) is 6.10 Å². The molecule has 1 aromatic rings. The maximum atomic E-state index is 5.87. The zero-order valence-corrected chi connectivity index (χ0v) is 13.9. The third-order valence-electron chi connectivity index (χ3n) is 3.71. The molecule has 1 aromatic carbocycles. The molecule has 19 heavy (non-hydrogen) atoms. The van der Waals surface area contributed by atoms with Gasteiger partial charge in [-0.1, -0.05) is 19.1 Å². The zero-order valence-electron chi connectivity index (χ0n) is 11.7. The number of rotatable bonds is 6. The van der Waals surface area contributed by atoms with Gasteiger partial charge in [0.25, 0.3) is 0 Å². The number of hydrogen-bond acceptors (Lipinski definition) is 2. The van der Waals surface area contributed by atoms with Crippen LogP contribution >= 0.6 is 22.6 Å². The Morgan fingerprint density at radius 1 is 1.32 bits per heavy atom. The van der Waals surface area contributed by atoms with Gasteiger partial charge in [-0.15, -0.1) is 0 Å². The van der Waals surface area contributed by atoms with Crippen LogP contribution in [0.4, 0.5) is 0 Å². The van der Waals surface area contributed by atoms with Gasteiger partial charge in [0, 0.05) is 16.2 Å². The molecule has 2 rings (SSSR count). The quantitative estimate of drug-likeness (QED) is 0.767. The second-order valence-electron chi connectivity index (χ2n) is 5.31. The molecular weight excluding hydrogens is 349 g/mol. The minimum absolute atomic E-state index is 0.460. The Morgan fingerprint density at radius 3 is 2.74 bits per heavy atom. The maximum Gasteiger partial charge on any atom is 0.0590 e. The zero-order chi connectivity index (χ0) is 13.5. The van der Waals surface area contributed by atoms with Crippen LogP contribution in [0.5, 0.6) is 0 Å². The lowest BCUT2D eigenvalue weighted by molar-refractivity contribution is 0.00535. The van der Waals surface area contributed by atoms with E-state index in [-0.39, 0.29) is 0 Å². The van der Waals surface area contributed by atoms with Crippen LogP contribution in [0.3, 0.4) is 0 Å². The normalized spacial score (nSPS) is 21.3. The Hall–Kier alpha value is -0.130. The van der Waals surface area contributed by atoms with Crippen LogP contribution in [0.25, 0.3) is 0 Å². The minimum atomic E-state index is 0.460. The third-order valence-corrected chi connectivity index (χ3v) is 4.43. The van der Waals surface area contributed by atoms with Gasteiger partial charge in [0.1, 0.15) is 0 Å². The van der Waals surface area contributed by atoms with Crippen LogP contribution in [-0.4, -0.2) is 25.3 Å². The topological polar surface area (TPSA) is 21.3 Å². The second kappa shape index (κ2) is 8.22. The van der Waals surface area contributed by atoms with Crippen LogP contribution in [-0.2, 0) is 11.2 Å². The Morgan fingerprint density at radius 2 is 2.11 bits per heavy atom. The summed E-state index contributed by atoms with van der Waals surface area (Å²) in [5.74, 6) is 0. The number of likely N-dealkylation sites (N-methyl/N-ethyl adjacent to an activating group) is 1. The van der Waals surface area contributed by atoms with Crippen LogP contribution in [0.2, 0.25) is 0 Å². The van der Waals surface area contributed by atoms with Crippen molar-refractivity contribution in [1.82, 2.24) is 5.32 Å². The highest BCUT2D eigenvalue weighted by Crippen LogP contribution is 2.19. The molecule has 0 saturated carbocycles. The van der Waals surface area contributed by atoms with Gasteiger partial charge in [-0.3, -0.25) is 0 Å². The number of nitrogens with one attached hydrogen (secondary N) is 1. The summed E-state index contributed by atoms with van der Waals surface area (Å²) in [6, 6.07) is 9.40. The molecule has 2 nitrogen and oxygen atoms in total. The Bertz CT molecular complexity index is 360. The summed E-state index contributed by atoms with van der Waals surface area (Å²) in [5.41, 5.74) is 1.42. The first-order valence-corrected chi connectivity index (χ1v) is 8.45. The molecule has 106 valence electrons. The molecule has 0 amide bonds. The van der Waals surface area contributed by atoms with Crippen LogP contribution < -0.4 is 5.32 Å². The lowest BCUT2D eigenvalue weighted by Gasteiger charge is -2.27. The van der Waals surface area contributed by atoms with Crippen molar-refractivity contribution < 1.29 is 4.74 Å². The molecule has 1 saturated heterocycles. The summed E-state index contributed by atoms with van der Waals surface area (Å²) < 4.78 is 7.17. The van der Waals surface area contributed by atoms with Crippen molar-refractivity contribution in [3.63, 3.8) is 0 Å². The van der Waals surface area contributed by atoms with Crippen molar-refractivity contribution >= 4 is 22.6 Å². The average molecular weight is 373 g/mol. The van der Waals surface area contributed by atoms with Gasteiger partial charge in [0.15, 0.2) is 0 Å². The van der Waals surface area contributed by atoms with Crippen LogP contribution in [0.15, 0.2) is 24.3 Å². The third kappa shape index (κ3) is 5.40. The fraction of sp³-hybridized carbons (Fsp3) is 0.625. The molecule has 1 aliphatic rings. The van der Waals surface area contributed by atoms with Crippen molar-refractivity contribution in [3.05, 3.63) is 33.4 Å². The molecule has 2 unspecified atom stereocenters. The van der Waals surface area contributed by atoms with Crippen molar-refractivity contribution in [1.29, 1.82) is 0 Å². The molecule has 3 heteroatoms. The SMILES string of the molecule is CCNC(Cc1ccc(I)cc1)CC1CCCCO1. The Labute approximate surface area is 130 Å². The molecule has 1 aliphatic heterocycles. The standard InChI is InChI=1S/C16H24INO/c1-2-18-15(12-16-5-3-4-10-19-16)11-13-6-8-14(17)9-7-13/h6-9,15-16,18H,2-5,10-12H2,1H3. The smallest absolute Gasteiger partial charge is 0.0590 e. The van der Waals surface area contributed by atoms with Gasteiger partial charge in [-0.25, -0.2) is 0 Å². The second-order valence-corrected chi connectivity index (χ2v) is 6.56. The largest absolute Gasteiger partial charge is 0.378 e. The molecule has 1 fully saturated rings. The lowest BCUT2D eigenvalue weighted by atomic mass is 9.97. The van der Waals surface area contributed by atoms with Crippen molar-refractivity contribution in [2.24, 2.45) is 0 Å². The molecule has 0 spiro atoms. The predicted octanol–water partition coefficient (Wildman–Crippen LogP) is 3.77. The molecule has 2 atom stereocenters. The summed E-state index contributed by atoms with van der Waals surface area (Å²) in [7, 11) is 0. The van der Waals surface area contributed by atoms with Gasteiger partial charge in [-0.2, -0.15) is 0 Å². The molecule has 1 heterocycles. The molecule has 0 aliphatic carbocycles. The summed E-state index contributed by atoms with van der Waals surface area (Å²) in [4.78, 5) is 0. The van der Waals surface area contributed by atoms with E-state index in [1.165, 1.54) is 28.4 Å². The molecule has 0 bridgehead atoms. The van der Waals surface area contributed by atoms with Gasteiger partial charge in [0.2, 0.25) is 0 Å². The summed E-state index contributed by atoms with van der Waals surface area (Å²) in [5, 5.41) is 3.61. The number of benzene rings is 1. The fourth-order valence-electron chi connectivity index (χ4n) is 2.74. The van der Waals surface area contributed by atoms with E-state index < -0.39 is 0 Å². The van der Waals surface area contributed by atoms with E-state index in [0.717, 1.165) is 26.0 Å². The number of hydrogen-bond donors (Lipinski definition) is 1. The summed E-state index contributed by atoms with van der Waals surface area (Å²) in [6.45, 7) is 4.16. The maximum absolute atomic E-state index is 5.87. The highest BCUT2D eigenvalue weighted by atomic mass is 127. The highest BCUT2D eigenvalue weighted by Gasteiger charge is 2.19. The van der Waals surface area contributed by atoms with Crippen molar-refractivity contribution in [3.8, 4) is 0 Å². The average Bonchev–Trinajstić information content (AvgIpc) is 2.43. The van der Waals surface area contributed by atoms with E-state index in [1.807, 2.05) is 0 Å². The lowest BCUT2D eigenvalue weighted by Crippen LogP contribution is -2.36. The molecule has 0 aromatic heterocycles. The monoisotopic (exact) mass is 373 g/mol. The van der Waals surface area contributed by atoms with Gasteiger partial charge in [-0.05, 0) is 78.9 Å².